The van der Waals surface area contributed by atoms with Gasteiger partial charge in [-0.1, -0.05) is 24.2 Å². The van der Waals surface area contributed by atoms with Crippen LogP contribution >= 0.6 is 0 Å². The molecule has 3 N–H and O–H groups in total. The Kier molecular flexibility index (Phi) is 4.98. The molecule has 0 radical (unpaired) electrons. The molecule has 2 aromatic rings. The third-order valence-corrected chi connectivity index (χ3v) is 3.40. The number of nitrogens with zero attached hydrogens (tertiary/aromatic N) is 3. The second kappa shape index (κ2) is 6.93. The fourth-order valence-corrected chi connectivity index (χ4v) is 2.42. The highest BCUT2D eigenvalue weighted by Crippen LogP contribution is 2.18. The number of rotatable bonds is 7. The summed E-state index contributed by atoms with van der Waals surface area (Å²) in [4.78, 5) is 4.71. The average molecular weight is 274 g/mol. The number of imidazole rings is 1. The van der Waals surface area contributed by atoms with Crippen molar-refractivity contribution in [1.82, 2.24) is 9.55 Å². The fraction of sp³-hybridized carbons (Fsp3) is 0.467. The Hall–Kier alpha value is -2.04. The lowest BCUT2D eigenvalue weighted by atomic mass is 10.2. The van der Waals surface area contributed by atoms with E-state index in [0.717, 1.165) is 43.6 Å². The Morgan fingerprint density at radius 2 is 2.15 bits per heavy atom. The molecule has 108 valence electrons. The van der Waals surface area contributed by atoms with Gasteiger partial charge in [-0.15, -0.1) is 0 Å². The molecule has 0 spiro atoms. The second-order valence-electron chi connectivity index (χ2n) is 4.97. The van der Waals surface area contributed by atoms with Crippen molar-refractivity contribution in [2.75, 3.05) is 0 Å². The third kappa shape index (κ3) is 3.29. The molecule has 0 fully saturated rings. The van der Waals surface area contributed by atoms with Crippen molar-refractivity contribution < 1.29 is 5.21 Å². The number of aryl methyl sites for hydroxylation is 2. The van der Waals surface area contributed by atoms with Gasteiger partial charge in [0.15, 0.2) is 0 Å². The number of benzene rings is 1. The molecule has 0 bridgehead atoms. The molecule has 5 nitrogen and oxygen atoms in total. The van der Waals surface area contributed by atoms with Crippen molar-refractivity contribution in [2.45, 2.75) is 45.6 Å². The first kappa shape index (κ1) is 14.4. The minimum Gasteiger partial charge on any atom is -0.409 e. The van der Waals surface area contributed by atoms with Crippen LogP contribution in [0.3, 0.4) is 0 Å². The summed E-state index contributed by atoms with van der Waals surface area (Å²) in [6, 6.07) is 8.24. The summed E-state index contributed by atoms with van der Waals surface area (Å²) in [5.41, 5.74) is 7.74. The third-order valence-electron chi connectivity index (χ3n) is 3.40. The van der Waals surface area contributed by atoms with Crippen molar-refractivity contribution in [3.8, 4) is 0 Å². The van der Waals surface area contributed by atoms with Crippen LogP contribution in [0.1, 0.15) is 38.4 Å². The van der Waals surface area contributed by atoms with Gasteiger partial charge in [-0.05, 0) is 31.4 Å². The Labute approximate surface area is 119 Å². The number of hydrogen-bond acceptors (Lipinski definition) is 3. The first-order valence-electron chi connectivity index (χ1n) is 7.16. The highest BCUT2D eigenvalue weighted by atomic mass is 16.4. The molecule has 0 unspecified atom stereocenters. The van der Waals surface area contributed by atoms with Crippen molar-refractivity contribution in [3.05, 3.63) is 30.1 Å². The van der Waals surface area contributed by atoms with Gasteiger partial charge in [0.1, 0.15) is 11.7 Å². The van der Waals surface area contributed by atoms with Crippen LogP contribution in [0.25, 0.3) is 11.0 Å². The number of hydrogen-bond donors (Lipinski definition) is 2. The van der Waals surface area contributed by atoms with Gasteiger partial charge < -0.3 is 15.5 Å². The van der Waals surface area contributed by atoms with Gasteiger partial charge in [0, 0.05) is 19.4 Å². The van der Waals surface area contributed by atoms with Gasteiger partial charge in [0.2, 0.25) is 0 Å². The normalized spacial score (nSPS) is 12.2. The SMILES string of the molecule is CCCc1nc2ccccc2n1CCCC/C(N)=N/O. The van der Waals surface area contributed by atoms with E-state index < -0.39 is 0 Å². The zero-order valence-electron chi connectivity index (χ0n) is 11.9. The maximum absolute atomic E-state index is 8.52. The molecule has 0 aliphatic carbocycles. The van der Waals surface area contributed by atoms with Crippen LogP contribution in [0.4, 0.5) is 0 Å². The van der Waals surface area contributed by atoms with Crippen molar-refractivity contribution in [2.24, 2.45) is 10.9 Å². The van der Waals surface area contributed by atoms with Gasteiger partial charge in [-0.2, -0.15) is 0 Å². The lowest BCUT2D eigenvalue weighted by Crippen LogP contribution is -2.11. The predicted octanol–water partition coefficient (Wildman–Crippen LogP) is 2.91. The number of aromatic nitrogens is 2. The van der Waals surface area contributed by atoms with E-state index in [9.17, 15) is 0 Å². The lowest BCUT2D eigenvalue weighted by molar-refractivity contribution is 0.316. The Balaban J connectivity index is 2.09. The molecule has 0 aliphatic heterocycles. The smallest absolute Gasteiger partial charge is 0.139 e. The number of unbranched alkanes of at least 4 members (excludes halogenated alkanes) is 1. The summed E-state index contributed by atoms with van der Waals surface area (Å²) in [5, 5.41) is 11.5. The highest BCUT2D eigenvalue weighted by molar-refractivity contribution is 5.79. The highest BCUT2D eigenvalue weighted by Gasteiger charge is 2.09. The molecular formula is C15H22N4O. The Morgan fingerprint density at radius 1 is 1.35 bits per heavy atom. The van der Waals surface area contributed by atoms with Gasteiger partial charge >= 0.3 is 0 Å². The molecule has 5 heteroatoms. The second-order valence-corrected chi connectivity index (χ2v) is 4.97. The van der Waals surface area contributed by atoms with Crippen LogP contribution in [0.2, 0.25) is 0 Å². The van der Waals surface area contributed by atoms with Crippen LogP contribution in [0, 0.1) is 0 Å². The molecule has 0 saturated carbocycles. The van der Waals surface area contributed by atoms with Gasteiger partial charge in [0.05, 0.1) is 11.0 Å². The Morgan fingerprint density at radius 3 is 2.90 bits per heavy atom. The average Bonchev–Trinajstić information content (AvgIpc) is 2.81. The maximum atomic E-state index is 8.52. The van der Waals surface area contributed by atoms with Gasteiger partial charge in [0.25, 0.3) is 0 Å². The van der Waals surface area contributed by atoms with Crippen molar-refractivity contribution >= 4 is 16.9 Å². The summed E-state index contributed by atoms with van der Waals surface area (Å²) >= 11 is 0. The molecule has 20 heavy (non-hydrogen) atoms. The van der Waals surface area contributed by atoms with Crippen molar-refractivity contribution in [3.63, 3.8) is 0 Å². The molecule has 0 saturated heterocycles. The number of nitrogens with two attached hydrogens (primary N) is 1. The summed E-state index contributed by atoms with van der Waals surface area (Å²) in [6.07, 6.45) is 4.62. The first-order chi connectivity index (χ1) is 9.76. The molecule has 1 aromatic heterocycles. The monoisotopic (exact) mass is 274 g/mol. The van der Waals surface area contributed by atoms with Crippen LogP contribution in [0.5, 0.6) is 0 Å². The molecular weight excluding hydrogens is 252 g/mol. The zero-order chi connectivity index (χ0) is 14.4. The molecule has 0 atom stereocenters. The van der Waals surface area contributed by atoms with Crippen LogP contribution in [-0.2, 0) is 13.0 Å². The predicted molar refractivity (Wildman–Crippen MR) is 81.0 cm³/mol. The summed E-state index contributed by atoms with van der Waals surface area (Å²) in [5.74, 6) is 1.45. The minimum absolute atomic E-state index is 0.300. The topological polar surface area (TPSA) is 76.4 Å². The van der Waals surface area contributed by atoms with E-state index >= 15 is 0 Å². The van der Waals surface area contributed by atoms with Crippen LogP contribution in [0.15, 0.2) is 29.4 Å². The quantitative estimate of drug-likeness (QED) is 0.268. The summed E-state index contributed by atoms with van der Waals surface area (Å²) in [6.45, 7) is 3.09. The summed E-state index contributed by atoms with van der Waals surface area (Å²) in [7, 11) is 0. The van der Waals surface area contributed by atoms with Gasteiger partial charge in [-0.3, -0.25) is 0 Å². The lowest BCUT2D eigenvalue weighted by Gasteiger charge is -2.08. The molecule has 0 aliphatic rings. The van der Waals surface area contributed by atoms with Crippen molar-refractivity contribution in [1.29, 1.82) is 0 Å². The zero-order valence-corrected chi connectivity index (χ0v) is 11.9. The van der Waals surface area contributed by atoms with E-state index in [0.29, 0.717) is 12.3 Å². The van der Waals surface area contributed by atoms with E-state index in [1.165, 1.54) is 5.52 Å². The Bertz CT molecular complexity index is 589. The number of para-hydroxylation sites is 2. The number of fused-ring (bicyclic) bond motifs is 1. The van der Waals surface area contributed by atoms with E-state index in [4.69, 9.17) is 15.9 Å². The van der Waals surface area contributed by atoms with E-state index in [-0.39, 0.29) is 0 Å². The molecule has 1 heterocycles. The van der Waals surface area contributed by atoms with Crippen LogP contribution in [-0.4, -0.2) is 20.6 Å². The largest absolute Gasteiger partial charge is 0.409 e. The van der Waals surface area contributed by atoms with E-state index in [1.54, 1.807) is 0 Å². The van der Waals surface area contributed by atoms with E-state index in [1.807, 2.05) is 12.1 Å². The maximum Gasteiger partial charge on any atom is 0.139 e. The number of amidine groups is 1. The molecule has 2 rings (SSSR count). The van der Waals surface area contributed by atoms with Gasteiger partial charge in [-0.25, -0.2) is 4.98 Å². The summed E-state index contributed by atoms with van der Waals surface area (Å²) < 4.78 is 2.30. The standard InChI is InChI=1S/C15H22N4O/c1-2-7-15-17-12-8-3-4-9-13(12)19(15)11-6-5-10-14(16)18-20/h3-4,8-9,20H,2,5-7,10-11H2,1H3,(H2,16,18). The van der Waals surface area contributed by atoms with E-state index in [2.05, 4.69) is 28.8 Å². The first-order valence-corrected chi connectivity index (χ1v) is 7.16. The molecule has 0 amide bonds. The van der Waals surface area contributed by atoms with Crippen LogP contribution < -0.4 is 5.73 Å². The number of oxime groups is 1. The minimum atomic E-state index is 0.300. The fourth-order valence-electron chi connectivity index (χ4n) is 2.42. The molecule has 1 aromatic carbocycles.